The zero-order valence-corrected chi connectivity index (χ0v) is 18.1. The second-order valence-corrected chi connectivity index (χ2v) is 9.56. The van der Waals surface area contributed by atoms with Crippen LogP contribution >= 0.6 is 0 Å². The zero-order valence-electron chi connectivity index (χ0n) is 18.1. The summed E-state index contributed by atoms with van der Waals surface area (Å²) >= 11 is 0. The number of rotatable bonds is 4. The third kappa shape index (κ3) is 3.20. The molecule has 8 heteroatoms. The highest BCUT2D eigenvalue weighted by Gasteiger charge is 2.44. The van der Waals surface area contributed by atoms with E-state index in [2.05, 4.69) is 17.2 Å². The summed E-state index contributed by atoms with van der Waals surface area (Å²) in [6.07, 6.45) is 11.1. The van der Waals surface area contributed by atoms with Crippen molar-refractivity contribution in [3.8, 4) is 0 Å². The molecule has 0 unspecified atom stereocenters. The molecule has 5 rings (SSSR count). The molecular formula is C22H32N6O2. The molecule has 2 aromatic heterocycles. The number of carbonyl (C=O) groups excluding carboxylic acids is 1. The molecule has 0 aromatic carbocycles. The Morgan fingerprint density at radius 2 is 1.90 bits per heavy atom. The first-order chi connectivity index (χ1) is 14.5. The number of likely N-dealkylation sites (tertiary alicyclic amines) is 1. The molecule has 1 aliphatic heterocycles. The number of imidazole rings is 1. The molecule has 3 aliphatic rings. The van der Waals surface area contributed by atoms with Crippen LogP contribution in [0.3, 0.4) is 0 Å². The minimum atomic E-state index is 0.00865. The molecule has 2 saturated carbocycles. The fraction of sp³-hybridized carbons (Fsp3) is 0.727. The van der Waals surface area contributed by atoms with Crippen LogP contribution in [0, 0.1) is 5.41 Å². The van der Waals surface area contributed by atoms with E-state index in [9.17, 15) is 9.59 Å². The van der Waals surface area contributed by atoms with Crippen molar-refractivity contribution in [3.05, 3.63) is 16.7 Å². The Morgan fingerprint density at radius 3 is 2.57 bits per heavy atom. The third-order valence-electron chi connectivity index (χ3n) is 7.69. The molecule has 1 amide bonds. The maximum Gasteiger partial charge on any atom is 0.330 e. The van der Waals surface area contributed by atoms with Crippen LogP contribution in [0.1, 0.15) is 70.8 Å². The lowest BCUT2D eigenvalue weighted by molar-refractivity contribution is -0.127. The topological polar surface area (TPSA) is 85.0 Å². The second-order valence-electron chi connectivity index (χ2n) is 9.56. The molecule has 1 N–H and O–H groups in total. The summed E-state index contributed by atoms with van der Waals surface area (Å²) in [5, 5.41) is 3.52. The summed E-state index contributed by atoms with van der Waals surface area (Å²) in [7, 11) is 1.80. The number of aromatic nitrogens is 4. The van der Waals surface area contributed by atoms with Crippen LogP contribution in [-0.2, 0) is 11.8 Å². The number of fused-ring (bicyclic) bond motifs is 1. The van der Waals surface area contributed by atoms with Gasteiger partial charge >= 0.3 is 5.69 Å². The third-order valence-corrected chi connectivity index (χ3v) is 7.69. The smallest absolute Gasteiger partial charge is 0.330 e. The van der Waals surface area contributed by atoms with E-state index in [0.717, 1.165) is 62.8 Å². The standard InChI is InChI=1S/C22H32N6O2/c1-3-27-14-22(12-18(27)29)10-8-15(9-11-22)24-20-23-13-17-19(25-20)28(21(30)26(17)2)16-6-4-5-7-16/h13,15-16H,3-12,14H2,1-2H3,(H,23,24,25). The van der Waals surface area contributed by atoms with Crippen LogP contribution in [0.15, 0.2) is 11.0 Å². The Kier molecular flexibility index (Phi) is 4.82. The first-order valence-corrected chi connectivity index (χ1v) is 11.5. The Balaban J connectivity index is 1.32. The van der Waals surface area contributed by atoms with Crippen LogP contribution < -0.4 is 11.0 Å². The van der Waals surface area contributed by atoms with Gasteiger partial charge in [0.1, 0.15) is 5.52 Å². The average molecular weight is 413 g/mol. The highest BCUT2D eigenvalue weighted by molar-refractivity contribution is 5.79. The summed E-state index contributed by atoms with van der Waals surface area (Å²) in [5.41, 5.74) is 1.72. The average Bonchev–Trinajstić information content (AvgIpc) is 3.43. The van der Waals surface area contributed by atoms with Gasteiger partial charge in [-0.2, -0.15) is 4.98 Å². The van der Waals surface area contributed by atoms with Gasteiger partial charge < -0.3 is 10.2 Å². The van der Waals surface area contributed by atoms with E-state index in [-0.39, 0.29) is 17.1 Å². The quantitative estimate of drug-likeness (QED) is 0.835. The first kappa shape index (κ1) is 19.6. The summed E-state index contributed by atoms with van der Waals surface area (Å²) in [6, 6.07) is 0.564. The molecule has 2 aliphatic carbocycles. The van der Waals surface area contributed by atoms with E-state index in [1.807, 2.05) is 9.47 Å². The molecule has 3 fully saturated rings. The lowest BCUT2D eigenvalue weighted by Crippen LogP contribution is -2.36. The van der Waals surface area contributed by atoms with Gasteiger partial charge in [0.25, 0.3) is 0 Å². The number of hydrogen-bond donors (Lipinski definition) is 1. The fourth-order valence-corrected chi connectivity index (χ4v) is 5.86. The predicted molar refractivity (Wildman–Crippen MR) is 115 cm³/mol. The zero-order chi connectivity index (χ0) is 20.9. The van der Waals surface area contributed by atoms with Crippen LogP contribution in [0.5, 0.6) is 0 Å². The van der Waals surface area contributed by atoms with Crippen molar-refractivity contribution in [3.63, 3.8) is 0 Å². The summed E-state index contributed by atoms with van der Waals surface area (Å²) in [6.45, 7) is 3.79. The fourth-order valence-electron chi connectivity index (χ4n) is 5.86. The predicted octanol–water partition coefficient (Wildman–Crippen LogP) is 2.84. The molecule has 2 aromatic rings. The van der Waals surface area contributed by atoms with E-state index < -0.39 is 0 Å². The van der Waals surface area contributed by atoms with Gasteiger partial charge in [0, 0.05) is 38.6 Å². The van der Waals surface area contributed by atoms with E-state index in [1.165, 1.54) is 12.8 Å². The monoisotopic (exact) mass is 412 g/mol. The lowest BCUT2D eigenvalue weighted by Gasteiger charge is -2.36. The van der Waals surface area contributed by atoms with Gasteiger partial charge in [-0.15, -0.1) is 0 Å². The van der Waals surface area contributed by atoms with Gasteiger partial charge in [-0.3, -0.25) is 13.9 Å². The Morgan fingerprint density at radius 1 is 1.17 bits per heavy atom. The van der Waals surface area contributed by atoms with Crippen molar-refractivity contribution < 1.29 is 4.79 Å². The van der Waals surface area contributed by atoms with Crippen LogP contribution in [-0.4, -0.2) is 49.0 Å². The number of hydrogen-bond acceptors (Lipinski definition) is 5. The van der Waals surface area contributed by atoms with Crippen LogP contribution in [0.25, 0.3) is 11.2 Å². The van der Waals surface area contributed by atoms with Crippen molar-refractivity contribution in [2.24, 2.45) is 12.5 Å². The molecule has 0 bridgehead atoms. The van der Waals surface area contributed by atoms with Crippen molar-refractivity contribution in [2.45, 2.75) is 76.8 Å². The van der Waals surface area contributed by atoms with Gasteiger partial charge in [-0.05, 0) is 50.9 Å². The lowest BCUT2D eigenvalue weighted by atomic mass is 9.72. The van der Waals surface area contributed by atoms with E-state index in [4.69, 9.17) is 4.98 Å². The second kappa shape index (κ2) is 7.39. The van der Waals surface area contributed by atoms with Crippen molar-refractivity contribution in [1.82, 2.24) is 24.0 Å². The largest absolute Gasteiger partial charge is 0.351 e. The molecule has 0 atom stereocenters. The van der Waals surface area contributed by atoms with Crippen LogP contribution in [0.2, 0.25) is 0 Å². The summed E-state index contributed by atoms with van der Waals surface area (Å²) < 4.78 is 3.55. The Labute approximate surface area is 176 Å². The van der Waals surface area contributed by atoms with Crippen LogP contribution in [0.4, 0.5) is 5.95 Å². The van der Waals surface area contributed by atoms with Gasteiger partial charge in [-0.25, -0.2) is 9.78 Å². The normalized spacial score (nSPS) is 27.6. The number of carbonyl (C=O) groups is 1. The molecule has 162 valence electrons. The Bertz CT molecular complexity index is 1010. The minimum absolute atomic E-state index is 0.00865. The highest BCUT2D eigenvalue weighted by atomic mass is 16.2. The van der Waals surface area contributed by atoms with Crippen molar-refractivity contribution >= 4 is 23.0 Å². The van der Waals surface area contributed by atoms with Gasteiger partial charge in [0.15, 0.2) is 5.65 Å². The minimum Gasteiger partial charge on any atom is -0.351 e. The van der Waals surface area contributed by atoms with E-state index >= 15 is 0 Å². The molecular weight excluding hydrogens is 380 g/mol. The maximum atomic E-state index is 12.8. The molecule has 3 heterocycles. The number of anilines is 1. The summed E-state index contributed by atoms with van der Waals surface area (Å²) in [5.74, 6) is 0.921. The maximum absolute atomic E-state index is 12.8. The van der Waals surface area contributed by atoms with E-state index in [0.29, 0.717) is 24.3 Å². The Hall–Kier alpha value is -2.38. The van der Waals surface area contributed by atoms with Crippen molar-refractivity contribution in [2.75, 3.05) is 18.4 Å². The van der Waals surface area contributed by atoms with Gasteiger partial charge in [0.2, 0.25) is 11.9 Å². The summed E-state index contributed by atoms with van der Waals surface area (Å²) in [4.78, 5) is 36.3. The molecule has 0 radical (unpaired) electrons. The molecule has 30 heavy (non-hydrogen) atoms. The first-order valence-electron chi connectivity index (χ1n) is 11.5. The molecule has 1 saturated heterocycles. The molecule has 8 nitrogen and oxygen atoms in total. The van der Waals surface area contributed by atoms with Gasteiger partial charge in [0.05, 0.1) is 6.20 Å². The molecule has 1 spiro atoms. The number of nitrogens with one attached hydrogen (secondary N) is 1. The number of aryl methyl sites for hydroxylation is 1. The van der Waals surface area contributed by atoms with Crippen molar-refractivity contribution in [1.29, 1.82) is 0 Å². The van der Waals surface area contributed by atoms with Gasteiger partial charge in [-0.1, -0.05) is 12.8 Å². The number of amides is 1. The SMILES string of the molecule is CCN1CC2(CCC(Nc3ncc4c(n3)n(C3CCCC3)c(=O)n4C)CC2)CC1=O. The number of nitrogens with zero attached hydrogens (tertiary/aromatic N) is 5. The highest BCUT2D eigenvalue weighted by Crippen LogP contribution is 2.44. The van der Waals surface area contributed by atoms with E-state index in [1.54, 1.807) is 17.8 Å².